The molecule has 3 unspecified atom stereocenters. The highest BCUT2D eigenvalue weighted by molar-refractivity contribution is 5.68. The summed E-state index contributed by atoms with van der Waals surface area (Å²) in [5.41, 5.74) is 2.53. The summed E-state index contributed by atoms with van der Waals surface area (Å²) in [4.78, 5) is 15.7. The summed E-state index contributed by atoms with van der Waals surface area (Å²) in [7, 11) is 0. The number of ether oxygens (including phenoxy) is 1. The molecule has 3 rings (SSSR count). The molecule has 1 fully saturated rings. The summed E-state index contributed by atoms with van der Waals surface area (Å²) in [5.74, 6) is 1.02. The lowest BCUT2D eigenvalue weighted by atomic mass is 9.69. The first-order valence-electron chi connectivity index (χ1n) is 9.85. The molecule has 1 amide bonds. The Morgan fingerprint density at radius 3 is 2.70 bits per heavy atom. The van der Waals surface area contributed by atoms with Gasteiger partial charge < -0.3 is 15.4 Å². The zero-order valence-corrected chi connectivity index (χ0v) is 17.1. The van der Waals surface area contributed by atoms with E-state index in [-0.39, 0.29) is 17.6 Å². The van der Waals surface area contributed by atoms with E-state index in [0.717, 1.165) is 5.69 Å². The van der Waals surface area contributed by atoms with Gasteiger partial charge in [-0.3, -0.25) is 0 Å². The lowest BCUT2D eigenvalue weighted by molar-refractivity contribution is 0.0495. The van der Waals surface area contributed by atoms with Crippen molar-refractivity contribution >= 4 is 17.5 Å². The molecule has 0 bridgehead atoms. The normalized spacial score (nSPS) is 24.2. The van der Waals surface area contributed by atoms with Crippen LogP contribution in [-0.2, 0) is 4.74 Å². The Hall–Kier alpha value is -2.22. The van der Waals surface area contributed by atoms with Crippen LogP contribution in [-0.4, -0.2) is 24.3 Å². The largest absolute Gasteiger partial charge is 0.444 e. The summed E-state index contributed by atoms with van der Waals surface area (Å²) >= 11 is 0. The van der Waals surface area contributed by atoms with Gasteiger partial charge in [-0.2, -0.15) is 0 Å². The van der Waals surface area contributed by atoms with Crippen molar-refractivity contribution in [2.75, 3.05) is 11.9 Å². The number of nitrogens with one attached hydrogen (secondary N) is 2. The van der Waals surface area contributed by atoms with Gasteiger partial charge in [-0.05, 0) is 57.1 Å². The van der Waals surface area contributed by atoms with Crippen molar-refractivity contribution in [3.05, 3.63) is 35.2 Å². The van der Waals surface area contributed by atoms with Gasteiger partial charge in [0.1, 0.15) is 5.60 Å². The predicted molar refractivity (Wildman–Crippen MR) is 108 cm³/mol. The molecule has 3 atom stereocenters. The van der Waals surface area contributed by atoms with E-state index in [1.807, 2.05) is 32.9 Å². The molecule has 27 heavy (non-hydrogen) atoms. The van der Waals surface area contributed by atoms with Crippen molar-refractivity contribution in [1.29, 1.82) is 0 Å². The molecule has 0 radical (unpaired) electrons. The summed E-state index contributed by atoms with van der Waals surface area (Å²) in [6.45, 7) is 17.9. The summed E-state index contributed by atoms with van der Waals surface area (Å²) in [5, 5.41) is 6.69. The van der Waals surface area contributed by atoms with Crippen LogP contribution in [0.4, 0.5) is 16.2 Å². The van der Waals surface area contributed by atoms with Crippen molar-refractivity contribution < 1.29 is 9.53 Å². The number of carbonyl (C=O) groups excluding carboxylic acids is 1. The van der Waals surface area contributed by atoms with Crippen LogP contribution in [0.5, 0.6) is 0 Å². The molecular formula is C22H31N3O2. The molecule has 1 aliphatic carbocycles. The van der Waals surface area contributed by atoms with Crippen molar-refractivity contribution in [3.63, 3.8) is 0 Å². The van der Waals surface area contributed by atoms with Gasteiger partial charge in [0.15, 0.2) is 5.69 Å². The number of benzene rings is 1. The van der Waals surface area contributed by atoms with E-state index in [0.29, 0.717) is 24.1 Å². The number of anilines is 1. The van der Waals surface area contributed by atoms with Crippen molar-refractivity contribution in [2.45, 2.75) is 71.4 Å². The van der Waals surface area contributed by atoms with Crippen LogP contribution in [0.1, 0.15) is 65.4 Å². The molecule has 1 aromatic rings. The Balaban J connectivity index is 1.77. The van der Waals surface area contributed by atoms with Gasteiger partial charge in [0.25, 0.3) is 0 Å². The minimum absolute atomic E-state index is 0.125. The summed E-state index contributed by atoms with van der Waals surface area (Å²) in [6.07, 6.45) is 3.20. The van der Waals surface area contributed by atoms with Crippen LogP contribution in [0, 0.1) is 17.9 Å². The Labute approximate surface area is 162 Å². The van der Waals surface area contributed by atoms with Gasteiger partial charge in [-0.25, -0.2) is 9.64 Å². The fourth-order valence-electron chi connectivity index (χ4n) is 4.61. The first-order valence-corrected chi connectivity index (χ1v) is 9.85. The first kappa shape index (κ1) is 19.5. The van der Waals surface area contributed by atoms with Crippen molar-refractivity contribution in [3.8, 4) is 0 Å². The van der Waals surface area contributed by atoms with Crippen molar-refractivity contribution in [1.82, 2.24) is 5.32 Å². The molecule has 146 valence electrons. The summed E-state index contributed by atoms with van der Waals surface area (Å²) in [6, 6.07) is 6.25. The standard InChI is InChI=1S/C22H31N3O2/c1-21(2,3)27-20(26)24-13-22(4,5)19-16-9-7-8-15(16)17-12-14(23-6)10-11-18(17)25-19/h10-12,15-16,19,25H,7-9,13H2,1-5H3,(H,24,26). The molecule has 5 heteroatoms. The maximum absolute atomic E-state index is 12.1. The second kappa shape index (κ2) is 7.07. The van der Waals surface area contributed by atoms with E-state index < -0.39 is 5.60 Å². The third kappa shape index (κ3) is 4.21. The molecule has 2 aliphatic rings. The SMILES string of the molecule is [C-]#[N+]c1ccc2c(c1)C1CCCC1C(C(C)(C)CNC(=O)OC(C)(C)C)N2. The maximum atomic E-state index is 12.1. The highest BCUT2D eigenvalue weighted by Gasteiger charge is 2.45. The molecule has 1 aromatic carbocycles. The van der Waals surface area contributed by atoms with Gasteiger partial charge in [-0.1, -0.05) is 32.4 Å². The number of carbonyl (C=O) groups is 1. The average molecular weight is 370 g/mol. The molecule has 5 nitrogen and oxygen atoms in total. The minimum atomic E-state index is -0.493. The van der Waals surface area contributed by atoms with Crippen molar-refractivity contribution in [2.24, 2.45) is 11.3 Å². The Bertz CT molecular complexity index is 758. The highest BCUT2D eigenvalue weighted by Crippen LogP contribution is 2.52. The molecule has 1 aliphatic heterocycles. The molecular weight excluding hydrogens is 338 g/mol. The van der Waals surface area contributed by atoms with Gasteiger partial charge in [0.2, 0.25) is 0 Å². The molecule has 0 aromatic heterocycles. The van der Waals surface area contributed by atoms with Crippen LogP contribution < -0.4 is 10.6 Å². The van der Waals surface area contributed by atoms with E-state index in [1.165, 1.54) is 24.8 Å². The molecule has 2 N–H and O–H groups in total. The van der Waals surface area contributed by atoms with Crippen LogP contribution in [0.3, 0.4) is 0 Å². The number of rotatable bonds is 3. The monoisotopic (exact) mass is 369 g/mol. The Morgan fingerprint density at radius 1 is 1.30 bits per heavy atom. The van der Waals surface area contributed by atoms with E-state index in [9.17, 15) is 4.79 Å². The average Bonchev–Trinajstić information content (AvgIpc) is 3.07. The number of hydrogen-bond acceptors (Lipinski definition) is 3. The van der Waals surface area contributed by atoms with Gasteiger partial charge >= 0.3 is 6.09 Å². The second-order valence-electron chi connectivity index (χ2n) is 9.55. The van der Waals surface area contributed by atoms with E-state index >= 15 is 0 Å². The molecule has 1 heterocycles. The summed E-state index contributed by atoms with van der Waals surface area (Å²) < 4.78 is 5.39. The van der Waals surface area contributed by atoms with Crippen LogP contribution in [0.15, 0.2) is 18.2 Å². The number of fused-ring (bicyclic) bond motifs is 3. The zero-order valence-electron chi connectivity index (χ0n) is 17.1. The third-order valence-corrected chi connectivity index (χ3v) is 5.80. The van der Waals surface area contributed by atoms with Gasteiger partial charge in [0.05, 0.1) is 6.57 Å². The van der Waals surface area contributed by atoms with E-state index in [1.54, 1.807) is 0 Å². The number of alkyl carbamates (subject to hydrolysis) is 1. The van der Waals surface area contributed by atoms with Crippen LogP contribution in [0.2, 0.25) is 0 Å². The molecule has 1 saturated carbocycles. The third-order valence-electron chi connectivity index (χ3n) is 5.80. The Kier molecular flexibility index (Phi) is 5.12. The van der Waals surface area contributed by atoms with Gasteiger partial charge in [-0.15, -0.1) is 0 Å². The zero-order chi connectivity index (χ0) is 19.8. The fraction of sp³-hybridized carbons (Fsp3) is 0.636. The van der Waals surface area contributed by atoms with Gasteiger partial charge in [0, 0.05) is 23.7 Å². The number of amides is 1. The minimum Gasteiger partial charge on any atom is -0.444 e. The molecule has 0 spiro atoms. The fourth-order valence-corrected chi connectivity index (χ4v) is 4.61. The van der Waals surface area contributed by atoms with Crippen LogP contribution >= 0.6 is 0 Å². The highest BCUT2D eigenvalue weighted by atomic mass is 16.6. The first-order chi connectivity index (χ1) is 12.6. The quantitative estimate of drug-likeness (QED) is 0.695. The van der Waals surface area contributed by atoms with Crippen LogP contribution in [0.25, 0.3) is 4.85 Å². The number of nitrogens with zero attached hydrogens (tertiary/aromatic N) is 1. The smallest absolute Gasteiger partial charge is 0.407 e. The lowest BCUT2D eigenvalue weighted by Gasteiger charge is -2.46. The Morgan fingerprint density at radius 2 is 2.04 bits per heavy atom. The second-order valence-corrected chi connectivity index (χ2v) is 9.55. The topological polar surface area (TPSA) is 54.7 Å². The lowest BCUT2D eigenvalue weighted by Crippen LogP contribution is -2.51. The molecule has 0 saturated heterocycles. The number of hydrogen-bond donors (Lipinski definition) is 2. The van der Waals surface area contributed by atoms with E-state index in [2.05, 4.69) is 35.4 Å². The van der Waals surface area contributed by atoms with E-state index in [4.69, 9.17) is 11.3 Å². The maximum Gasteiger partial charge on any atom is 0.407 e. The predicted octanol–water partition coefficient (Wildman–Crippen LogP) is 5.47.